The van der Waals surface area contributed by atoms with Gasteiger partial charge in [-0.05, 0) is 42.5 Å². The molecule has 0 spiro atoms. The fourth-order valence-corrected chi connectivity index (χ4v) is 4.88. The lowest BCUT2D eigenvalue weighted by Crippen LogP contribution is -2.42. The summed E-state index contributed by atoms with van der Waals surface area (Å²) in [6.45, 7) is 5.25. The molecule has 5 nitrogen and oxygen atoms in total. The maximum Gasteiger partial charge on any atom is 0.336 e. The molecule has 0 aliphatic carbocycles. The molecular weight excluding hydrogens is 302 g/mol. The lowest BCUT2D eigenvalue weighted by atomic mass is 9.94. The molecule has 0 unspecified atom stereocenters. The molecule has 0 bridgehead atoms. The van der Waals surface area contributed by atoms with Gasteiger partial charge in [0.2, 0.25) is 10.0 Å². The average Bonchev–Trinajstić information content (AvgIpc) is 2.45. The van der Waals surface area contributed by atoms with Gasteiger partial charge >= 0.3 is 5.63 Å². The minimum Gasteiger partial charge on any atom is -0.423 e. The van der Waals surface area contributed by atoms with Crippen molar-refractivity contribution in [3.05, 3.63) is 40.8 Å². The van der Waals surface area contributed by atoms with Crippen molar-refractivity contribution >= 4 is 21.0 Å². The van der Waals surface area contributed by atoms with Gasteiger partial charge in [0.1, 0.15) is 5.58 Å². The molecule has 118 valence electrons. The molecule has 2 atom stereocenters. The highest BCUT2D eigenvalue weighted by atomic mass is 32.2. The van der Waals surface area contributed by atoms with E-state index in [0.717, 1.165) is 6.42 Å². The first-order valence-corrected chi connectivity index (χ1v) is 8.84. The Balaban J connectivity index is 2.01. The summed E-state index contributed by atoms with van der Waals surface area (Å²) in [7, 11) is -3.52. The third-order valence-electron chi connectivity index (χ3n) is 4.06. The largest absolute Gasteiger partial charge is 0.423 e. The van der Waals surface area contributed by atoms with E-state index >= 15 is 0 Å². The normalized spacial score (nSPS) is 23.7. The molecule has 0 amide bonds. The summed E-state index contributed by atoms with van der Waals surface area (Å²) in [5.74, 6) is 0.717. The number of sulfonamides is 1. The van der Waals surface area contributed by atoms with Crippen molar-refractivity contribution < 1.29 is 12.8 Å². The number of rotatable bonds is 2. The first-order chi connectivity index (χ1) is 10.4. The predicted molar refractivity (Wildman–Crippen MR) is 84.2 cm³/mol. The first kappa shape index (κ1) is 15.2. The lowest BCUT2D eigenvalue weighted by molar-refractivity contribution is 0.222. The Hall–Kier alpha value is -1.66. The van der Waals surface area contributed by atoms with Crippen molar-refractivity contribution in [1.82, 2.24) is 4.31 Å². The van der Waals surface area contributed by atoms with Crippen LogP contribution in [-0.4, -0.2) is 25.8 Å². The zero-order valence-electron chi connectivity index (χ0n) is 12.7. The fourth-order valence-electron chi connectivity index (χ4n) is 3.16. The molecule has 1 fully saturated rings. The summed E-state index contributed by atoms with van der Waals surface area (Å²) in [5.41, 5.74) is -0.0476. The minimum absolute atomic E-state index is 0.246. The van der Waals surface area contributed by atoms with Crippen LogP contribution in [0.5, 0.6) is 0 Å². The van der Waals surface area contributed by atoms with Crippen LogP contribution in [0.25, 0.3) is 11.0 Å². The van der Waals surface area contributed by atoms with Gasteiger partial charge in [-0.2, -0.15) is 4.31 Å². The number of hydrogen-bond donors (Lipinski definition) is 0. The van der Waals surface area contributed by atoms with Crippen LogP contribution >= 0.6 is 0 Å². The van der Waals surface area contributed by atoms with E-state index < -0.39 is 15.6 Å². The van der Waals surface area contributed by atoms with Crippen molar-refractivity contribution in [2.24, 2.45) is 11.8 Å². The van der Waals surface area contributed by atoms with E-state index in [2.05, 4.69) is 13.8 Å². The van der Waals surface area contributed by atoms with Gasteiger partial charge in [0.05, 0.1) is 4.90 Å². The Kier molecular flexibility index (Phi) is 3.82. The smallest absolute Gasteiger partial charge is 0.336 e. The monoisotopic (exact) mass is 321 g/mol. The lowest BCUT2D eigenvalue weighted by Gasteiger charge is -2.34. The SMILES string of the molecule is C[C@@H]1C[C@@H](C)CN(S(=O)(=O)c2ccc3oc(=O)ccc3c2)C1. The van der Waals surface area contributed by atoms with Crippen molar-refractivity contribution in [3.8, 4) is 0 Å². The predicted octanol–water partition coefficient (Wildman–Crippen LogP) is 2.46. The highest BCUT2D eigenvalue weighted by molar-refractivity contribution is 7.89. The van der Waals surface area contributed by atoms with Gasteiger partial charge in [0.25, 0.3) is 0 Å². The maximum absolute atomic E-state index is 12.8. The van der Waals surface area contributed by atoms with E-state index in [4.69, 9.17) is 4.42 Å². The van der Waals surface area contributed by atoms with Gasteiger partial charge < -0.3 is 4.42 Å². The fraction of sp³-hybridized carbons (Fsp3) is 0.438. The van der Waals surface area contributed by atoms with E-state index in [-0.39, 0.29) is 4.90 Å². The molecular formula is C16H19NO4S. The molecule has 2 heterocycles. The van der Waals surface area contributed by atoms with E-state index in [1.54, 1.807) is 22.5 Å². The van der Waals surface area contributed by atoms with E-state index in [0.29, 0.717) is 35.9 Å². The van der Waals surface area contributed by atoms with Gasteiger partial charge in [0, 0.05) is 24.5 Å². The Morgan fingerprint density at radius 3 is 2.45 bits per heavy atom. The van der Waals surface area contributed by atoms with Crippen LogP contribution < -0.4 is 5.63 Å². The molecule has 0 N–H and O–H groups in total. The number of benzene rings is 1. The second-order valence-electron chi connectivity index (χ2n) is 6.22. The number of piperidine rings is 1. The molecule has 0 radical (unpaired) electrons. The van der Waals surface area contributed by atoms with Crippen molar-refractivity contribution in [1.29, 1.82) is 0 Å². The summed E-state index contributed by atoms with van der Waals surface area (Å²) in [6, 6.07) is 7.49. The molecule has 1 aromatic heterocycles. The minimum atomic E-state index is -3.52. The summed E-state index contributed by atoms with van der Waals surface area (Å²) in [5, 5.41) is 0.610. The molecule has 22 heavy (non-hydrogen) atoms. The van der Waals surface area contributed by atoms with Crippen molar-refractivity contribution in [2.75, 3.05) is 13.1 Å². The quantitative estimate of drug-likeness (QED) is 0.797. The third-order valence-corrected chi connectivity index (χ3v) is 5.89. The first-order valence-electron chi connectivity index (χ1n) is 7.40. The Morgan fingerprint density at radius 1 is 1.09 bits per heavy atom. The van der Waals surface area contributed by atoms with Gasteiger partial charge in [-0.25, -0.2) is 13.2 Å². The zero-order chi connectivity index (χ0) is 15.9. The second-order valence-corrected chi connectivity index (χ2v) is 8.16. The number of hydrogen-bond acceptors (Lipinski definition) is 4. The topological polar surface area (TPSA) is 67.6 Å². The van der Waals surface area contributed by atoms with Crippen LogP contribution in [0.4, 0.5) is 0 Å². The Morgan fingerprint density at radius 2 is 1.77 bits per heavy atom. The summed E-state index contributed by atoms with van der Waals surface area (Å²) in [6.07, 6.45) is 1.05. The second kappa shape index (κ2) is 5.52. The molecule has 1 aromatic carbocycles. The Bertz CT molecular complexity index is 846. The molecule has 2 aromatic rings. The van der Waals surface area contributed by atoms with Gasteiger partial charge in [-0.1, -0.05) is 13.8 Å². The van der Waals surface area contributed by atoms with Crippen LogP contribution in [0, 0.1) is 11.8 Å². The maximum atomic E-state index is 12.8. The van der Waals surface area contributed by atoms with Crippen molar-refractivity contribution in [2.45, 2.75) is 25.2 Å². The van der Waals surface area contributed by atoms with Gasteiger partial charge in [-0.15, -0.1) is 0 Å². The Labute approximate surface area is 129 Å². The van der Waals surface area contributed by atoms with E-state index in [1.165, 1.54) is 12.1 Å². The summed E-state index contributed by atoms with van der Waals surface area (Å²) >= 11 is 0. The van der Waals surface area contributed by atoms with Crippen LogP contribution in [-0.2, 0) is 10.0 Å². The number of fused-ring (bicyclic) bond motifs is 1. The summed E-state index contributed by atoms with van der Waals surface area (Å²) in [4.78, 5) is 11.4. The summed E-state index contributed by atoms with van der Waals surface area (Å²) < 4.78 is 32.3. The highest BCUT2D eigenvalue weighted by Gasteiger charge is 2.31. The van der Waals surface area contributed by atoms with Gasteiger partial charge in [-0.3, -0.25) is 0 Å². The van der Waals surface area contributed by atoms with Gasteiger partial charge in [0.15, 0.2) is 0 Å². The molecule has 6 heteroatoms. The van der Waals surface area contributed by atoms with Crippen LogP contribution in [0.3, 0.4) is 0 Å². The van der Waals surface area contributed by atoms with Crippen LogP contribution in [0.15, 0.2) is 44.4 Å². The van der Waals surface area contributed by atoms with Crippen molar-refractivity contribution in [3.63, 3.8) is 0 Å². The standard InChI is InChI=1S/C16H19NO4S/c1-11-7-12(2)10-17(9-11)22(19,20)14-4-5-15-13(8-14)3-6-16(18)21-15/h3-6,8,11-12H,7,9-10H2,1-2H3/t11-,12-/m1/s1. The molecule has 1 aliphatic heterocycles. The van der Waals surface area contributed by atoms with E-state index in [1.807, 2.05) is 0 Å². The zero-order valence-corrected chi connectivity index (χ0v) is 13.5. The van der Waals surface area contributed by atoms with Crippen LogP contribution in [0.1, 0.15) is 20.3 Å². The molecule has 1 aliphatic rings. The van der Waals surface area contributed by atoms with E-state index in [9.17, 15) is 13.2 Å². The molecule has 0 saturated carbocycles. The van der Waals surface area contributed by atoms with Crippen LogP contribution in [0.2, 0.25) is 0 Å². The average molecular weight is 321 g/mol. The molecule has 3 rings (SSSR count). The number of nitrogens with zero attached hydrogens (tertiary/aromatic N) is 1. The highest BCUT2D eigenvalue weighted by Crippen LogP contribution is 2.27. The molecule has 1 saturated heterocycles. The third kappa shape index (κ3) is 2.80.